The molecule has 0 aromatic heterocycles. The minimum absolute atomic E-state index is 0.103. The van der Waals surface area contributed by atoms with Crippen LogP contribution in [0, 0.1) is 0 Å². The molecule has 4 nitrogen and oxygen atoms in total. The van der Waals surface area contributed by atoms with Gasteiger partial charge in [-0.2, -0.15) is 0 Å². The van der Waals surface area contributed by atoms with Gasteiger partial charge in [-0.3, -0.25) is 9.69 Å². The molecule has 18 heavy (non-hydrogen) atoms. The first-order valence-electron chi connectivity index (χ1n) is 6.88. The zero-order valence-corrected chi connectivity index (χ0v) is 13.1. The largest absolute Gasteiger partial charge is 0.370 e. The van der Waals surface area contributed by atoms with E-state index in [0.29, 0.717) is 0 Å². The molecule has 0 amide bonds. The second-order valence-corrected chi connectivity index (χ2v) is 5.87. The minimum atomic E-state index is -0.316. The lowest BCUT2D eigenvalue weighted by atomic mass is 9.81. The molecule has 0 atom stereocenters. The molecule has 4 heteroatoms. The first kappa shape index (κ1) is 17.4. The van der Waals surface area contributed by atoms with Crippen molar-refractivity contribution in [1.82, 2.24) is 10.4 Å². The van der Waals surface area contributed by atoms with Gasteiger partial charge in [-0.25, -0.2) is 0 Å². The average Bonchev–Trinajstić information content (AvgIpc) is 2.26. The summed E-state index contributed by atoms with van der Waals surface area (Å²) in [4.78, 5) is 18.4. The summed E-state index contributed by atoms with van der Waals surface area (Å²) in [5.74, 6) is -0.309. The fraction of sp³-hybridized carbons (Fsp3) is 0.929. The van der Waals surface area contributed by atoms with Crippen LogP contribution in [-0.2, 0) is 9.63 Å². The number of carbonyl (C=O) groups excluding carboxylic acids is 1. The van der Waals surface area contributed by atoms with E-state index < -0.39 is 0 Å². The zero-order chi connectivity index (χ0) is 14.4. The number of carbonyl (C=O) groups is 1. The molecular weight excluding hydrogens is 228 g/mol. The van der Waals surface area contributed by atoms with Crippen molar-refractivity contribution in [1.29, 1.82) is 0 Å². The van der Waals surface area contributed by atoms with E-state index in [1.165, 1.54) is 6.92 Å². The Labute approximate surface area is 112 Å². The van der Waals surface area contributed by atoms with Crippen LogP contribution in [0.5, 0.6) is 0 Å². The standard InChI is InChI=1S/C14H30N2O2/c1-8-10-16(11-9-2)14(6,7)13(4,5)15-18-12(3)17/h15H,8-11H2,1-7H3. The van der Waals surface area contributed by atoms with E-state index in [0.717, 1.165) is 25.9 Å². The number of rotatable bonds is 8. The quantitative estimate of drug-likeness (QED) is 0.680. The van der Waals surface area contributed by atoms with Gasteiger partial charge in [-0.05, 0) is 53.6 Å². The molecule has 0 rings (SSSR count). The lowest BCUT2D eigenvalue weighted by Gasteiger charge is -2.49. The summed E-state index contributed by atoms with van der Waals surface area (Å²) in [5.41, 5.74) is 2.49. The van der Waals surface area contributed by atoms with E-state index in [-0.39, 0.29) is 17.0 Å². The molecular formula is C14H30N2O2. The molecule has 0 aromatic carbocycles. The molecule has 0 saturated carbocycles. The summed E-state index contributed by atoms with van der Waals surface area (Å²) in [6.45, 7) is 16.4. The van der Waals surface area contributed by atoms with Crippen molar-refractivity contribution in [3.8, 4) is 0 Å². The van der Waals surface area contributed by atoms with Gasteiger partial charge in [-0.15, -0.1) is 5.48 Å². The summed E-state index contributed by atoms with van der Waals surface area (Å²) >= 11 is 0. The van der Waals surface area contributed by atoms with Crippen molar-refractivity contribution in [2.24, 2.45) is 0 Å². The highest BCUT2D eigenvalue weighted by Gasteiger charge is 2.42. The zero-order valence-electron chi connectivity index (χ0n) is 13.1. The molecule has 0 bridgehead atoms. The SMILES string of the molecule is CCCN(CCC)C(C)(C)C(C)(C)NOC(C)=O. The normalized spacial score (nSPS) is 12.9. The van der Waals surface area contributed by atoms with Crippen LogP contribution in [-0.4, -0.2) is 35.0 Å². The highest BCUT2D eigenvalue weighted by molar-refractivity contribution is 5.65. The summed E-state index contributed by atoms with van der Waals surface area (Å²) in [5, 5.41) is 0. The molecule has 0 aliphatic heterocycles. The summed E-state index contributed by atoms with van der Waals surface area (Å²) in [6, 6.07) is 0. The predicted molar refractivity (Wildman–Crippen MR) is 75.2 cm³/mol. The molecule has 0 fully saturated rings. The second-order valence-electron chi connectivity index (χ2n) is 5.87. The average molecular weight is 258 g/mol. The molecule has 0 heterocycles. The smallest absolute Gasteiger partial charge is 0.321 e. The Kier molecular flexibility index (Phi) is 6.86. The van der Waals surface area contributed by atoms with Crippen LogP contribution >= 0.6 is 0 Å². The Balaban J connectivity index is 4.85. The minimum Gasteiger partial charge on any atom is -0.370 e. The number of hydroxylamine groups is 1. The van der Waals surface area contributed by atoms with Crippen molar-refractivity contribution < 1.29 is 9.63 Å². The molecule has 0 aliphatic carbocycles. The van der Waals surface area contributed by atoms with E-state index in [9.17, 15) is 4.79 Å². The fourth-order valence-electron chi connectivity index (χ4n) is 1.93. The summed E-state index contributed by atoms with van der Waals surface area (Å²) in [7, 11) is 0. The topological polar surface area (TPSA) is 41.6 Å². The van der Waals surface area contributed by atoms with Gasteiger partial charge in [-0.1, -0.05) is 13.8 Å². The van der Waals surface area contributed by atoms with E-state index >= 15 is 0 Å². The Hall–Kier alpha value is -0.610. The van der Waals surface area contributed by atoms with Crippen LogP contribution in [0.15, 0.2) is 0 Å². The van der Waals surface area contributed by atoms with Crippen LogP contribution < -0.4 is 5.48 Å². The van der Waals surface area contributed by atoms with Gasteiger partial charge < -0.3 is 4.84 Å². The molecule has 0 saturated heterocycles. The monoisotopic (exact) mass is 258 g/mol. The molecule has 0 radical (unpaired) electrons. The molecule has 0 aliphatic rings. The summed E-state index contributed by atoms with van der Waals surface area (Å²) < 4.78 is 0. The van der Waals surface area contributed by atoms with Crippen molar-refractivity contribution in [3.63, 3.8) is 0 Å². The number of nitrogens with zero attached hydrogens (tertiary/aromatic N) is 1. The number of hydrogen-bond acceptors (Lipinski definition) is 4. The van der Waals surface area contributed by atoms with Crippen molar-refractivity contribution in [3.05, 3.63) is 0 Å². The Morgan fingerprint density at radius 2 is 1.56 bits per heavy atom. The van der Waals surface area contributed by atoms with E-state index in [2.05, 4.69) is 51.9 Å². The first-order chi connectivity index (χ1) is 8.19. The third kappa shape index (κ3) is 4.58. The van der Waals surface area contributed by atoms with E-state index in [1.807, 2.05) is 0 Å². The van der Waals surface area contributed by atoms with Crippen molar-refractivity contribution >= 4 is 5.97 Å². The molecule has 0 aromatic rings. The van der Waals surface area contributed by atoms with Gasteiger partial charge in [0.1, 0.15) is 0 Å². The highest BCUT2D eigenvalue weighted by Crippen LogP contribution is 2.28. The van der Waals surface area contributed by atoms with Gasteiger partial charge in [0.25, 0.3) is 0 Å². The van der Waals surface area contributed by atoms with E-state index in [1.54, 1.807) is 0 Å². The second kappa shape index (κ2) is 7.10. The third-order valence-electron chi connectivity index (χ3n) is 3.76. The maximum Gasteiger partial charge on any atom is 0.321 e. The Morgan fingerprint density at radius 3 is 1.89 bits per heavy atom. The maximum absolute atomic E-state index is 10.9. The van der Waals surface area contributed by atoms with E-state index in [4.69, 9.17) is 4.84 Å². The lowest BCUT2D eigenvalue weighted by molar-refractivity contribution is -0.157. The predicted octanol–water partition coefficient (Wildman–Crippen LogP) is 2.73. The van der Waals surface area contributed by atoms with Crippen LogP contribution in [0.4, 0.5) is 0 Å². The van der Waals surface area contributed by atoms with Crippen molar-refractivity contribution in [2.75, 3.05) is 13.1 Å². The lowest BCUT2D eigenvalue weighted by Crippen LogP contribution is -2.64. The van der Waals surface area contributed by atoms with Crippen LogP contribution in [0.3, 0.4) is 0 Å². The third-order valence-corrected chi connectivity index (χ3v) is 3.76. The van der Waals surface area contributed by atoms with Crippen LogP contribution in [0.25, 0.3) is 0 Å². The van der Waals surface area contributed by atoms with Gasteiger partial charge in [0, 0.05) is 12.5 Å². The molecule has 108 valence electrons. The van der Waals surface area contributed by atoms with Crippen LogP contribution in [0.2, 0.25) is 0 Å². The molecule has 0 spiro atoms. The number of hydrogen-bond donors (Lipinski definition) is 1. The van der Waals surface area contributed by atoms with Crippen LogP contribution in [0.1, 0.15) is 61.3 Å². The van der Waals surface area contributed by atoms with Crippen molar-refractivity contribution in [2.45, 2.75) is 72.4 Å². The van der Waals surface area contributed by atoms with Gasteiger partial charge in [0.2, 0.25) is 0 Å². The molecule has 1 N–H and O–H groups in total. The van der Waals surface area contributed by atoms with Gasteiger partial charge >= 0.3 is 5.97 Å². The summed E-state index contributed by atoms with van der Waals surface area (Å²) in [6.07, 6.45) is 2.24. The Bertz CT molecular complexity index is 257. The maximum atomic E-state index is 10.9. The molecule has 0 unspecified atom stereocenters. The van der Waals surface area contributed by atoms with Gasteiger partial charge in [0.05, 0.1) is 5.54 Å². The first-order valence-corrected chi connectivity index (χ1v) is 6.88. The van der Waals surface area contributed by atoms with Gasteiger partial charge in [0.15, 0.2) is 0 Å². The fourth-order valence-corrected chi connectivity index (χ4v) is 1.93. The Morgan fingerprint density at radius 1 is 1.11 bits per heavy atom. The number of nitrogens with one attached hydrogen (secondary N) is 1. The highest BCUT2D eigenvalue weighted by atomic mass is 16.7.